The van der Waals surface area contributed by atoms with Gasteiger partial charge in [-0.25, -0.2) is 5.10 Å². The third kappa shape index (κ3) is 2.72. The lowest BCUT2D eigenvalue weighted by Gasteiger charge is -2.41. The summed E-state index contributed by atoms with van der Waals surface area (Å²) in [7, 11) is 1.95. The monoisotopic (exact) mass is 392 g/mol. The molecule has 2 fully saturated rings. The number of rotatable bonds is 2. The van der Waals surface area contributed by atoms with E-state index in [2.05, 4.69) is 10.2 Å². The fourth-order valence-corrected chi connectivity index (χ4v) is 5.35. The Balaban J connectivity index is 1.49. The first kappa shape index (κ1) is 18.1. The van der Waals surface area contributed by atoms with Crippen LogP contribution in [0, 0.1) is 11.8 Å². The number of amides is 1. The summed E-state index contributed by atoms with van der Waals surface area (Å²) < 4.78 is 1.98. The zero-order valence-electron chi connectivity index (χ0n) is 16.3. The van der Waals surface area contributed by atoms with Gasteiger partial charge in [0.25, 0.3) is 11.5 Å². The van der Waals surface area contributed by atoms with Gasteiger partial charge < -0.3 is 14.6 Å². The maximum absolute atomic E-state index is 13.3. The molecule has 1 saturated heterocycles. The van der Waals surface area contributed by atoms with E-state index >= 15 is 0 Å². The highest BCUT2D eigenvalue weighted by Crippen LogP contribution is 2.48. The van der Waals surface area contributed by atoms with Gasteiger partial charge in [0.15, 0.2) is 5.69 Å². The Morgan fingerprint density at radius 2 is 2.00 bits per heavy atom. The van der Waals surface area contributed by atoms with Gasteiger partial charge in [-0.05, 0) is 43.4 Å². The van der Waals surface area contributed by atoms with Crippen LogP contribution in [0.15, 0.2) is 47.4 Å². The molecule has 3 atom stereocenters. The number of carbonyl (C=O) groups is 1. The molecule has 2 aliphatic rings. The second-order valence-electron chi connectivity index (χ2n) is 8.34. The Morgan fingerprint density at radius 3 is 2.76 bits per heavy atom. The molecule has 1 amide bonds. The molecular weight excluding hydrogens is 368 g/mol. The first-order chi connectivity index (χ1) is 14.0. The first-order valence-corrected chi connectivity index (χ1v) is 10.1. The maximum Gasteiger partial charge on any atom is 0.274 e. The van der Waals surface area contributed by atoms with E-state index in [1.807, 2.05) is 29.9 Å². The predicted octanol–water partition coefficient (Wildman–Crippen LogP) is 2.02. The number of H-pyrrole nitrogens is 1. The first-order valence-electron chi connectivity index (χ1n) is 10.1. The molecule has 0 radical (unpaired) electrons. The molecule has 29 heavy (non-hydrogen) atoms. The van der Waals surface area contributed by atoms with Crippen LogP contribution in [0.4, 0.5) is 0 Å². The number of benzene rings is 1. The van der Waals surface area contributed by atoms with Crippen molar-refractivity contribution >= 4 is 16.7 Å². The second kappa shape index (κ2) is 6.56. The Hall–Kier alpha value is -2.93. The molecular formula is C22H24N4O3. The SMILES string of the molecule is Cn1cccc1[C@]1(O)CCC[C@H]2CN(C(=O)c3n[nH]c(=O)c4ccccc34)C[C@@H]21. The zero-order chi connectivity index (χ0) is 20.2. The number of likely N-dealkylation sites (tertiary alicyclic amines) is 1. The molecule has 1 aliphatic carbocycles. The van der Waals surface area contributed by atoms with Crippen molar-refractivity contribution in [2.45, 2.75) is 24.9 Å². The van der Waals surface area contributed by atoms with Crippen LogP contribution in [-0.4, -0.2) is 43.8 Å². The van der Waals surface area contributed by atoms with Crippen molar-refractivity contribution in [2.75, 3.05) is 13.1 Å². The topological polar surface area (TPSA) is 91.2 Å². The summed E-state index contributed by atoms with van der Waals surface area (Å²) in [5.41, 5.74) is -0.0582. The van der Waals surface area contributed by atoms with E-state index in [1.54, 1.807) is 29.2 Å². The molecule has 0 unspecified atom stereocenters. The van der Waals surface area contributed by atoms with Crippen LogP contribution in [0.2, 0.25) is 0 Å². The van der Waals surface area contributed by atoms with Gasteiger partial charge in [0, 0.05) is 43.3 Å². The molecule has 5 rings (SSSR count). The van der Waals surface area contributed by atoms with Gasteiger partial charge in [0.2, 0.25) is 0 Å². The highest BCUT2D eigenvalue weighted by atomic mass is 16.3. The number of aryl methyl sites for hydroxylation is 1. The van der Waals surface area contributed by atoms with E-state index in [4.69, 9.17) is 0 Å². The molecule has 3 heterocycles. The van der Waals surface area contributed by atoms with Crippen LogP contribution < -0.4 is 5.56 Å². The van der Waals surface area contributed by atoms with Crippen molar-refractivity contribution in [1.29, 1.82) is 0 Å². The minimum Gasteiger partial charge on any atom is -0.383 e. The van der Waals surface area contributed by atoms with E-state index in [9.17, 15) is 14.7 Å². The summed E-state index contributed by atoms with van der Waals surface area (Å²) >= 11 is 0. The molecule has 2 N–H and O–H groups in total. The molecule has 1 saturated carbocycles. The average molecular weight is 392 g/mol. The molecule has 3 aromatic rings. The quantitative estimate of drug-likeness (QED) is 0.698. The number of aromatic amines is 1. The fraction of sp³-hybridized carbons (Fsp3) is 0.409. The molecule has 0 bridgehead atoms. The smallest absolute Gasteiger partial charge is 0.274 e. The van der Waals surface area contributed by atoms with Gasteiger partial charge in [-0.15, -0.1) is 0 Å². The number of aromatic nitrogens is 3. The summed E-state index contributed by atoms with van der Waals surface area (Å²) in [4.78, 5) is 27.2. The third-order valence-corrected chi connectivity index (χ3v) is 6.76. The number of hydrogen-bond donors (Lipinski definition) is 2. The highest BCUT2D eigenvalue weighted by molar-refractivity contribution is 6.04. The molecule has 1 aromatic carbocycles. The summed E-state index contributed by atoms with van der Waals surface area (Å²) in [5.74, 6) is 0.0468. The summed E-state index contributed by atoms with van der Waals surface area (Å²) in [5, 5.41) is 19.2. The van der Waals surface area contributed by atoms with Crippen LogP contribution in [0.1, 0.15) is 35.4 Å². The lowest BCUT2D eigenvalue weighted by Crippen LogP contribution is -2.44. The highest BCUT2D eigenvalue weighted by Gasteiger charge is 2.51. The molecule has 7 nitrogen and oxygen atoms in total. The molecule has 1 aliphatic heterocycles. The van der Waals surface area contributed by atoms with Gasteiger partial charge in [0.1, 0.15) is 5.60 Å². The maximum atomic E-state index is 13.3. The van der Waals surface area contributed by atoms with E-state index in [0.29, 0.717) is 30.3 Å². The lowest BCUT2D eigenvalue weighted by molar-refractivity contribution is -0.0697. The van der Waals surface area contributed by atoms with Crippen molar-refractivity contribution in [1.82, 2.24) is 19.7 Å². The number of aliphatic hydroxyl groups is 1. The standard InChI is InChI=1S/C22H24N4O3/c1-25-11-5-9-18(25)22(29)10-4-6-14-12-26(13-17(14)22)21(28)19-15-7-2-3-8-16(15)20(27)24-23-19/h2-3,5,7-9,11,14,17,29H,4,6,10,12-13H2,1H3,(H,24,27)/t14-,17-,22-/m0/s1. The molecule has 0 spiro atoms. The number of hydrogen-bond acceptors (Lipinski definition) is 4. The van der Waals surface area contributed by atoms with Crippen molar-refractivity contribution in [3.63, 3.8) is 0 Å². The van der Waals surface area contributed by atoms with Crippen molar-refractivity contribution in [2.24, 2.45) is 18.9 Å². The number of carbonyl (C=O) groups excluding carboxylic acids is 1. The van der Waals surface area contributed by atoms with E-state index in [0.717, 1.165) is 18.5 Å². The fourth-order valence-electron chi connectivity index (χ4n) is 5.35. The Labute approximate surface area is 168 Å². The number of nitrogens with zero attached hydrogens (tertiary/aromatic N) is 3. The van der Waals surface area contributed by atoms with Gasteiger partial charge in [-0.1, -0.05) is 18.2 Å². The normalized spacial score (nSPS) is 26.6. The van der Waals surface area contributed by atoms with Crippen LogP contribution in [-0.2, 0) is 12.6 Å². The lowest BCUT2D eigenvalue weighted by atomic mass is 9.69. The second-order valence-corrected chi connectivity index (χ2v) is 8.34. The van der Waals surface area contributed by atoms with E-state index in [-0.39, 0.29) is 29.0 Å². The number of nitrogens with one attached hydrogen (secondary N) is 1. The summed E-state index contributed by atoms with van der Waals surface area (Å²) in [6, 6.07) is 11.0. The molecule has 2 aromatic heterocycles. The minimum absolute atomic E-state index is 0.0113. The van der Waals surface area contributed by atoms with Crippen LogP contribution in [0.25, 0.3) is 10.8 Å². The van der Waals surface area contributed by atoms with E-state index in [1.165, 1.54) is 0 Å². The van der Waals surface area contributed by atoms with Gasteiger partial charge >= 0.3 is 0 Å². The zero-order valence-corrected chi connectivity index (χ0v) is 16.3. The minimum atomic E-state index is -0.934. The van der Waals surface area contributed by atoms with Gasteiger partial charge in [-0.3, -0.25) is 9.59 Å². The van der Waals surface area contributed by atoms with Crippen LogP contribution in [0.3, 0.4) is 0 Å². The Kier molecular flexibility index (Phi) is 4.10. The summed E-state index contributed by atoms with van der Waals surface area (Å²) in [6.45, 7) is 1.09. The average Bonchev–Trinajstić information content (AvgIpc) is 3.36. The largest absolute Gasteiger partial charge is 0.383 e. The van der Waals surface area contributed by atoms with Crippen LogP contribution >= 0.6 is 0 Å². The molecule has 150 valence electrons. The summed E-state index contributed by atoms with van der Waals surface area (Å²) in [6.07, 6.45) is 4.59. The Morgan fingerprint density at radius 1 is 1.21 bits per heavy atom. The van der Waals surface area contributed by atoms with Crippen molar-refractivity contribution in [3.8, 4) is 0 Å². The number of fused-ring (bicyclic) bond motifs is 2. The molecule has 7 heteroatoms. The predicted molar refractivity (Wildman–Crippen MR) is 108 cm³/mol. The van der Waals surface area contributed by atoms with E-state index < -0.39 is 5.60 Å². The van der Waals surface area contributed by atoms with Gasteiger partial charge in [0.05, 0.1) is 5.39 Å². The Bertz CT molecular complexity index is 1150. The van der Waals surface area contributed by atoms with Crippen LogP contribution in [0.5, 0.6) is 0 Å². The van der Waals surface area contributed by atoms with Crippen molar-refractivity contribution < 1.29 is 9.90 Å². The third-order valence-electron chi connectivity index (χ3n) is 6.76. The van der Waals surface area contributed by atoms with Gasteiger partial charge in [-0.2, -0.15) is 5.10 Å². The van der Waals surface area contributed by atoms with Crippen molar-refractivity contribution in [3.05, 3.63) is 64.3 Å².